The van der Waals surface area contributed by atoms with Gasteiger partial charge in [-0.05, 0) is 30.3 Å². The average Bonchev–Trinajstić information content (AvgIpc) is 2.51. The summed E-state index contributed by atoms with van der Waals surface area (Å²) in [4.78, 5) is 8.44. The van der Waals surface area contributed by atoms with Gasteiger partial charge >= 0.3 is 0 Å². The van der Waals surface area contributed by atoms with Gasteiger partial charge in [0.2, 0.25) is 0 Å². The van der Waals surface area contributed by atoms with Crippen molar-refractivity contribution in [3.63, 3.8) is 0 Å². The zero-order chi connectivity index (χ0) is 13.8. The number of pyridine rings is 2. The molecule has 0 fully saturated rings. The van der Waals surface area contributed by atoms with Crippen molar-refractivity contribution in [3.05, 3.63) is 60.7 Å². The number of nitrogens with zero attached hydrogens (tertiary/aromatic N) is 2. The molecule has 0 aliphatic carbocycles. The molecule has 2 heterocycles. The van der Waals surface area contributed by atoms with Crippen LogP contribution in [0.3, 0.4) is 0 Å². The lowest BCUT2D eigenvalue weighted by Gasteiger charge is -2.10. The highest BCUT2D eigenvalue weighted by molar-refractivity contribution is 6.00. The van der Waals surface area contributed by atoms with Crippen molar-refractivity contribution in [2.45, 2.75) is 6.42 Å². The highest BCUT2D eigenvalue weighted by atomic mass is 14.9. The minimum Gasteiger partial charge on any atom is -0.398 e. The maximum absolute atomic E-state index is 5.97. The van der Waals surface area contributed by atoms with E-state index < -0.39 is 0 Å². The third kappa shape index (κ3) is 2.54. The highest BCUT2D eigenvalue weighted by Crippen LogP contribution is 2.27. The van der Waals surface area contributed by atoms with Crippen molar-refractivity contribution < 1.29 is 0 Å². The minimum atomic E-state index is 0.753. The fraction of sp³-hybridized carbons (Fsp3) is 0.125. The third-order valence-electron chi connectivity index (χ3n) is 3.27. The first-order valence-corrected chi connectivity index (χ1v) is 6.60. The van der Waals surface area contributed by atoms with E-state index in [0.29, 0.717) is 0 Å². The number of nitrogens with two attached hydrogens (primary N) is 1. The van der Waals surface area contributed by atoms with Crippen LogP contribution in [0, 0.1) is 0 Å². The van der Waals surface area contributed by atoms with Crippen molar-refractivity contribution in [2.24, 2.45) is 0 Å². The van der Waals surface area contributed by atoms with Gasteiger partial charge in [0.1, 0.15) is 0 Å². The van der Waals surface area contributed by atoms with Gasteiger partial charge in [-0.2, -0.15) is 0 Å². The molecule has 1 aromatic carbocycles. The molecule has 3 rings (SSSR count). The molecule has 3 aromatic rings. The molecule has 0 aliphatic rings. The molecule has 0 aliphatic heterocycles. The molecule has 0 bridgehead atoms. The molecule has 0 spiro atoms. The number of hydrogen-bond acceptors (Lipinski definition) is 4. The van der Waals surface area contributed by atoms with Crippen molar-refractivity contribution in [2.75, 3.05) is 17.6 Å². The van der Waals surface area contributed by atoms with E-state index in [4.69, 9.17) is 5.73 Å². The van der Waals surface area contributed by atoms with Crippen molar-refractivity contribution in [1.29, 1.82) is 0 Å². The van der Waals surface area contributed by atoms with Crippen LogP contribution in [0.15, 0.2) is 55.0 Å². The van der Waals surface area contributed by atoms with Crippen LogP contribution < -0.4 is 11.1 Å². The largest absolute Gasteiger partial charge is 0.398 e. The molecule has 4 nitrogen and oxygen atoms in total. The second-order valence-corrected chi connectivity index (χ2v) is 4.62. The van der Waals surface area contributed by atoms with Crippen molar-refractivity contribution in [1.82, 2.24) is 9.97 Å². The molecule has 4 heteroatoms. The quantitative estimate of drug-likeness (QED) is 0.711. The summed E-state index contributed by atoms with van der Waals surface area (Å²) in [6.07, 6.45) is 6.29. The molecule has 20 heavy (non-hydrogen) atoms. The fourth-order valence-electron chi connectivity index (χ4n) is 2.24. The van der Waals surface area contributed by atoms with E-state index in [1.807, 2.05) is 42.6 Å². The van der Waals surface area contributed by atoms with E-state index in [1.54, 1.807) is 12.4 Å². The number of nitrogen functional groups attached to an aromatic ring is 1. The normalized spacial score (nSPS) is 10.6. The van der Waals surface area contributed by atoms with Crippen LogP contribution in [-0.2, 0) is 6.42 Å². The average molecular weight is 264 g/mol. The minimum absolute atomic E-state index is 0.753. The first-order valence-electron chi connectivity index (χ1n) is 6.60. The van der Waals surface area contributed by atoms with Gasteiger partial charge in [-0.1, -0.05) is 6.07 Å². The second kappa shape index (κ2) is 5.57. The standard InChI is InChI=1S/C16H16N4/c17-15-4-5-16(13-7-9-18-11-14(13)15)20-10-6-12-3-1-2-8-19-12/h1-5,7-9,11,20H,6,10,17H2. The van der Waals surface area contributed by atoms with Crippen LogP contribution in [0.1, 0.15) is 5.69 Å². The maximum atomic E-state index is 5.97. The zero-order valence-corrected chi connectivity index (χ0v) is 11.1. The van der Waals surface area contributed by atoms with Crippen LogP contribution in [0.2, 0.25) is 0 Å². The lowest BCUT2D eigenvalue weighted by atomic mass is 10.1. The molecular weight excluding hydrogens is 248 g/mol. The van der Waals surface area contributed by atoms with Crippen molar-refractivity contribution in [3.8, 4) is 0 Å². The van der Waals surface area contributed by atoms with E-state index in [0.717, 1.165) is 40.8 Å². The van der Waals surface area contributed by atoms with Crippen LogP contribution in [0.5, 0.6) is 0 Å². The van der Waals surface area contributed by atoms with Gasteiger partial charge in [-0.25, -0.2) is 0 Å². The Morgan fingerprint density at radius 1 is 1.00 bits per heavy atom. The number of hydrogen-bond donors (Lipinski definition) is 2. The molecule has 0 radical (unpaired) electrons. The predicted molar refractivity (Wildman–Crippen MR) is 82.6 cm³/mol. The van der Waals surface area contributed by atoms with Crippen LogP contribution in [0.4, 0.5) is 11.4 Å². The van der Waals surface area contributed by atoms with Gasteiger partial charge < -0.3 is 11.1 Å². The summed E-state index contributed by atoms with van der Waals surface area (Å²) in [5, 5.41) is 5.52. The number of nitrogens with one attached hydrogen (secondary N) is 1. The van der Waals surface area contributed by atoms with Crippen LogP contribution in [-0.4, -0.2) is 16.5 Å². The Morgan fingerprint density at radius 2 is 1.95 bits per heavy atom. The molecule has 0 unspecified atom stereocenters. The Labute approximate surface area is 117 Å². The summed E-state index contributed by atoms with van der Waals surface area (Å²) in [5.74, 6) is 0. The Hall–Kier alpha value is -2.62. The van der Waals surface area contributed by atoms with E-state index in [-0.39, 0.29) is 0 Å². The van der Waals surface area contributed by atoms with Gasteiger partial charge in [0, 0.05) is 59.4 Å². The topological polar surface area (TPSA) is 63.8 Å². The van der Waals surface area contributed by atoms with Gasteiger partial charge in [0.05, 0.1) is 0 Å². The summed E-state index contributed by atoms with van der Waals surface area (Å²) in [7, 11) is 0. The Kier molecular flexibility index (Phi) is 3.46. The Morgan fingerprint density at radius 3 is 2.80 bits per heavy atom. The molecule has 0 saturated heterocycles. The first-order chi connectivity index (χ1) is 9.84. The van der Waals surface area contributed by atoms with E-state index >= 15 is 0 Å². The van der Waals surface area contributed by atoms with E-state index in [1.165, 1.54) is 0 Å². The Bertz CT molecular complexity index is 710. The summed E-state index contributed by atoms with van der Waals surface area (Å²) in [6.45, 7) is 0.832. The lowest BCUT2D eigenvalue weighted by Crippen LogP contribution is -2.06. The lowest BCUT2D eigenvalue weighted by molar-refractivity contribution is 0.963. The molecule has 3 N–H and O–H groups in total. The maximum Gasteiger partial charge on any atom is 0.0422 e. The van der Waals surface area contributed by atoms with Gasteiger partial charge in [0.15, 0.2) is 0 Å². The molecule has 2 aromatic heterocycles. The van der Waals surface area contributed by atoms with E-state index in [9.17, 15) is 0 Å². The van der Waals surface area contributed by atoms with Crippen molar-refractivity contribution >= 4 is 22.1 Å². The smallest absolute Gasteiger partial charge is 0.0422 e. The number of anilines is 2. The monoisotopic (exact) mass is 264 g/mol. The summed E-state index contributed by atoms with van der Waals surface area (Å²) in [6, 6.07) is 11.9. The third-order valence-corrected chi connectivity index (χ3v) is 3.27. The number of fused-ring (bicyclic) bond motifs is 1. The fourth-order valence-corrected chi connectivity index (χ4v) is 2.24. The molecular formula is C16H16N4. The number of aromatic nitrogens is 2. The second-order valence-electron chi connectivity index (χ2n) is 4.62. The number of rotatable bonds is 4. The van der Waals surface area contributed by atoms with Gasteiger partial charge in [0.25, 0.3) is 0 Å². The zero-order valence-electron chi connectivity index (χ0n) is 11.1. The van der Waals surface area contributed by atoms with Crippen LogP contribution >= 0.6 is 0 Å². The van der Waals surface area contributed by atoms with Gasteiger partial charge in [-0.15, -0.1) is 0 Å². The highest BCUT2D eigenvalue weighted by Gasteiger charge is 2.03. The van der Waals surface area contributed by atoms with E-state index in [2.05, 4.69) is 15.3 Å². The summed E-state index contributed by atoms with van der Waals surface area (Å²) >= 11 is 0. The summed E-state index contributed by atoms with van der Waals surface area (Å²) in [5.41, 5.74) is 8.88. The van der Waals surface area contributed by atoms with Gasteiger partial charge in [-0.3, -0.25) is 9.97 Å². The molecule has 0 saturated carbocycles. The predicted octanol–water partition coefficient (Wildman–Crippen LogP) is 2.87. The molecule has 0 amide bonds. The number of benzene rings is 1. The van der Waals surface area contributed by atoms with Crippen LogP contribution in [0.25, 0.3) is 10.8 Å². The Balaban J connectivity index is 1.77. The first kappa shape index (κ1) is 12.4. The SMILES string of the molecule is Nc1ccc(NCCc2ccccn2)c2ccncc12. The molecule has 0 atom stereocenters. The molecule has 100 valence electrons. The summed E-state index contributed by atoms with van der Waals surface area (Å²) < 4.78 is 0.